The first-order valence-corrected chi connectivity index (χ1v) is 7.53. The van der Waals surface area contributed by atoms with E-state index in [1.54, 1.807) is 0 Å². The third-order valence-electron chi connectivity index (χ3n) is 4.58. The Balaban J connectivity index is 1.74. The molecule has 1 saturated carbocycles. The maximum absolute atomic E-state index is 5.99. The summed E-state index contributed by atoms with van der Waals surface area (Å²) in [6.07, 6.45) is 3.86. The fourth-order valence-electron chi connectivity index (χ4n) is 3.51. The maximum atomic E-state index is 5.99. The van der Waals surface area contributed by atoms with Crippen molar-refractivity contribution in [3.8, 4) is 0 Å². The highest BCUT2D eigenvalue weighted by atomic mass is 15.2. The largest absolute Gasteiger partial charge is 0.399 e. The molecule has 2 aliphatic rings. The van der Waals surface area contributed by atoms with Gasteiger partial charge in [-0.25, -0.2) is 0 Å². The van der Waals surface area contributed by atoms with E-state index in [1.165, 1.54) is 36.1 Å². The van der Waals surface area contributed by atoms with Crippen LogP contribution in [-0.2, 0) is 6.42 Å². The molecular weight excluding hydrogens is 244 g/mol. The van der Waals surface area contributed by atoms with Gasteiger partial charge in [-0.3, -0.25) is 0 Å². The third kappa shape index (κ3) is 1.96. The van der Waals surface area contributed by atoms with Gasteiger partial charge in [0.2, 0.25) is 0 Å². The summed E-state index contributed by atoms with van der Waals surface area (Å²) < 4.78 is 0. The molecule has 0 saturated heterocycles. The van der Waals surface area contributed by atoms with Gasteiger partial charge in [0.1, 0.15) is 0 Å². The molecule has 1 fully saturated rings. The van der Waals surface area contributed by atoms with Gasteiger partial charge in [-0.1, -0.05) is 30.3 Å². The highest BCUT2D eigenvalue weighted by Gasteiger charge is 2.38. The molecule has 1 unspecified atom stereocenters. The molecule has 2 aromatic rings. The Bertz CT molecular complexity index is 631. The average molecular weight is 264 g/mol. The summed E-state index contributed by atoms with van der Waals surface area (Å²) in [6, 6.07) is 17.8. The number of nitrogens with zero attached hydrogens (tertiary/aromatic N) is 1. The van der Waals surface area contributed by atoms with Crippen LogP contribution in [0.3, 0.4) is 0 Å². The Hall–Kier alpha value is -1.96. The van der Waals surface area contributed by atoms with E-state index >= 15 is 0 Å². The van der Waals surface area contributed by atoms with E-state index in [2.05, 4.69) is 47.4 Å². The van der Waals surface area contributed by atoms with Crippen molar-refractivity contribution >= 4 is 11.4 Å². The zero-order chi connectivity index (χ0) is 13.5. The average Bonchev–Trinajstić information content (AvgIpc) is 3.20. The molecule has 4 rings (SSSR count). The number of nitrogens with two attached hydrogens (primary N) is 1. The number of para-hydroxylation sites is 1. The summed E-state index contributed by atoms with van der Waals surface area (Å²) in [5.41, 5.74) is 11.2. The number of anilines is 2. The standard InChI is InChI=1S/C18H20N2/c19-16-6-3-5-15(12-16)18(14-8-9-14)20-11-10-13-4-1-2-7-17(13)20/h1-7,12,14,18H,8-11,19H2. The van der Waals surface area contributed by atoms with E-state index < -0.39 is 0 Å². The molecule has 1 aliphatic heterocycles. The van der Waals surface area contributed by atoms with E-state index in [1.807, 2.05) is 6.07 Å². The van der Waals surface area contributed by atoms with Crippen molar-refractivity contribution in [2.75, 3.05) is 17.2 Å². The van der Waals surface area contributed by atoms with E-state index in [0.717, 1.165) is 18.2 Å². The van der Waals surface area contributed by atoms with Gasteiger partial charge in [-0.05, 0) is 54.5 Å². The van der Waals surface area contributed by atoms with Gasteiger partial charge in [-0.2, -0.15) is 0 Å². The normalized spacial score (nSPS) is 18.9. The molecule has 2 nitrogen and oxygen atoms in total. The topological polar surface area (TPSA) is 29.3 Å². The minimum Gasteiger partial charge on any atom is -0.399 e. The molecule has 0 bridgehead atoms. The summed E-state index contributed by atoms with van der Waals surface area (Å²) in [5, 5.41) is 0. The number of nitrogen functional groups attached to an aromatic ring is 1. The molecule has 0 spiro atoms. The molecule has 0 radical (unpaired) electrons. The Morgan fingerprint density at radius 1 is 1.05 bits per heavy atom. The van der Waals surface area contributed by atoms with Gasteiger partial charge in [0.15, 0.2) is 0 Å². The Morgan fingerprint density at radius 3 is 2.70 bits per heavy atom. The van der Waals surface area contributed by atoms with Crippen LogP contribution in [0.5, 0.6) is 0 Å². The van der Waals surface area contributed by atoms with Gasteiger partial charge < -0.3 is 10.6 Å². The first-order chi connectivity index (χ1) is 9.83. The third-order valence-corrected chi connectivity index (χ3v) is 4.58. The number of hydrogen-bond donors (Lipinski definition) is 1. The molecule has 2 N–H and O–H groups in total. The fourth-order valence-corrected chi connectivity index (χ4v) is 3.51. The van der Waals surface area contributed by atoms with Gasteiger partial charge in [0.05, 0.1) is 6.04 Å². The number of rotatable bonds is 3. The number of hydrogen-bond acceptors (Lipinski definition) is 2. The number of benzene rings is 2. The van der Waals surface area contributed by atoms with Crippen LogP contribution in [0.15, 0.2) is 48.5 Å². The minimum absolute atomic E-state index is 0.502. The number of fused-ring (bicyclic) bond motifs is 1. The Kier molecular flexibility index (Phi) is 2.69. The predicted octanol–water partition coefficient (Wildman–Crippen LogP) is 3.78. The monoisotopic (exact) mass is 264 g/mol. The molecule has 102 valence electrons. The van der Waals surface area contributed by atoms with Gasteiger partial charge >= 0.3 is 0 Å². The minimum atomic E-state index is 0.502. The van der Waals surface area contributed by atoms with Gasteiger partial charge in [0.25, 0.3) is 0 Å². The van der Waals surface area contributed by atoms with E-state index in [-0.39, 0.29) is 0 Å². The SMILES string of the molecule is Nc1cccc(C(C2CC2)N2CCc3ccccc32)c1. The molecule has 2 heteroatoms. The highest BCUT2D eigenvalue weighted by Crippen LogP contribution is 2.48. The molecule has 20 heavy (non-hydrogen) atoms. The second kappa shape index (κ2) is 4.55. The smallest absolute Gasteiger partial charge is 0.0571 e. The molecule has 1 aliphatic carbocycles. The first-order valence-electron chi connectivity index (χ1n) is 7.53. The van der Waals surface area contributed by atoms with Crippen LogP contribution >= 0.6 is 0 Å². The van der Waals surface area contributed by atoms with Crippen LogP contribution in [0.25, 0.3) is 0 Å². The molecule has 2 aromatic carbocycles. The quantitative estimate of drug-likeness (QED) is 0.855. The summed E-state index contributed by atoms with van der Waals surface area (Å²) >= 11 is 0. The molecule has 1 atom stereocenters. The summed E-state index contributed by atoms with van der Waals surface area (Å²) in [5.74, 6) is 0.794. The zero-order valence-electron chi connectivity index (χ0n) is 11.6. The highest BCUT2D eigenvalue weighted by molar-refractivity contribution is 5.60. The van der Waals surface area contributed by atoms with Crippen molar-refractivity contribution in [3.63, 3.8) is 0 Å². The van der Waals surface area contributed by atoms with Crippen molar-refractivity contribution in [3.05, 3.63) is 59.7 Å². The molecule has 1 heterocycles. The van der Waals surface area contributed by atoms with Crippen LogP contribution in [0.1, 0.15) is 30.0 Å². The first kappa shape index (κ1) is 11.8. The second-order valence-corrected chi connectivity index (χ2v) is 6.02. The van der Waals surface area contributed by atoms with E-state index in [0.29, 0.717) is 6.04 Å². The lowest BCUT2D eigenvalue weighted by molar-refractivity contribution is 0.572. The lowest BCUT2D eigenvalue weighted by Crippen LogP contribution is -2.28. The van der Waals surface area contributed by atoms with Crippen LogP contribution in [-0.4, -0.2) is 6.54 Å². The fraction of sp³-hybridized carbons (Fsp3) is 0.333. The lowest BCUT2D eigenvalue weighted by atomic mass is 10.00. The van der Waals surface area contributed by atoms with Crippen molar-refractivity contribution in [2.24, 2.45) is 5.92 Å². The Morgan fingerprint density at radius 2 is 1.90 bits per heavy atom. The van der Waals surface area contributed by atoms with E-state index in [4.69, 9.17) is 5.73 Å². The van der Waals surface area contributed by atoms with Crippen LogP contribution in [0, 0.1) is 5.92 Å². The second-order valence-electron chi connectivity index (χ2n) is 6.02. The lowest BCUT2D eigenvalue weighted by Gasteiger charge is -2.31. The molecular formula is C18H20N2. The van der Waals surface area contributed by atoms with Crippen molar-refractivity contribution in [2.45, 2.75) is 25.3 Å². The predicted molar refractivity (Wildman–Crippen MR) is 83.8 cm³/mol. The van der Waals surface area contributed by atoms with Crippen molar-refractivity contribution in [1.82, 2.24) is 0 Å². The van der Waals surface area contributed by atoms with Gasteiger partial charge in [0, 0.05) is 17.9 Å². The van der Waals surface area contributed by atoms with E-state index in [9.17, 15) is 0 Å². The molecule has 0 amide bonds. The molecule has 0 aromatic heterocycles. The maximum Gasteiger partial charge on any atom is 0.0571 e. The summed E-state index contributed by atoms with van der Waals surface area (Å²) in [7, 11) is 0. The summed E-state index contributed by atoms with van der Waals surface area (Å²) in [6.45, 7) is 1.13. The Labute approximate surface area is 120 Å². The van der Waals surface area contributed by atoms with Gasteiger partial charge in [-0.15, -0.1) is 0 Å². The van der Waals surface area contributed by atoms with Crippen LogP contribution in [0.4, 0.5) is 11.4 Å². The zero-order valence-corrected chi connectivity index (χ0v) is 11.6. The van der Waals surface area contributed by atoms with Crippen molar-refractivity contribution in [1.29, 1.82) is 0 Å². The van der Waals surface area contributed by atoms with Crippen LogP contribution < -0.4 is 10.6 Å². The summed E-state index contributed by atoms with van der Waals surface area (Å²) in [4.78, 5) is 2.60. The van der Waals surface area contributed by atoms with Crippen molar-refractivity contribution < 1.29 is 0 Å². The van der Waals surface area contributed by atoms with Crippen LogP contribution in [0.2, 0.25) is 0 Å².